The maximum Gasteiger partial charge on any atom is 0.254 e. The fourth-order valence-electron chi connectivity index (χ4n) is 5.23. The van der Waals surface area contributed by atoms with Crippen molar-refractivity contribution in [1.82, 2.24) is 15.5 Å². The van der Waals surface area contributed by atoms with E-state index in [1.807, 2.05) is 31.2 Å². The van der Waals surface area contributed by atoms with Crippen LogP contribution in [-0.4, -0.2) is 68.8 Å². The molecule has 2 fully saturated rings. The van der Waals surface area contributed by atoms with Crippen molar-refractivity contribution >= 4 is 11.8 Å². The zero-order chi connectivity index (χ0) is 23.7. The van der Waals surface area contributed by atoms with Gasteiger partial charge in [0.05, 0.1) is 18.8 Å². The first kappa shape index (κ1) is 22.9. The van der Waals surface area contributed by atoms with E-state index in [9.17, 15) is 9.59 Å². The Morgan fingerprint density at radius 1 is 1.09 bits per heavy atom. The third-order valence-electron chi connectivity index (χ3n) is 7.28. The molecule has 5 rings (SSSR count). The molecule has 4 atom stereocenters. The van der Waals surface area contributed by atoms with E-state index >= 15 is 0 Å². The molecule has 0 aromatic heterocycles. The van der Waals surface area contributed by atoms with Crippen molar-refractivity contribution in [2.45, 2.75) is 37.8 Å². The predicted octanol–water partition coefficient (Wildman–Crippen LogP) is 2.80. The van der Waals surface area contributed by atoms with Gasteiger partial charge in [-0.25, -0.2) is 0 Å². The number of rotatable bonds is 7. The molecule has 2 amide bonds. The van der Waals surface area contributed by atoms with E-state index in [0.29, 0.717) is 22.8 Å². The summed E-state index contributed by atoms with van der Waals surface area (Å²) in [7, 11) is 1.60. The van der Waals surface area contributed by atoms with Gasteiger partial charge in [0.25, 0.3) is 11.8 Å². The van der Waals surface area contributed by atoms with Gasteiger partial charge in [0.1, 0.15) is 11.9 Å². The number of ether oxygens (including phenoxy) is 2. The number of nitrogens with zero attached hydrogens (tertiary/aromatic N) is 1. The van der Waals surface area contributed by atoms with Gasteiger partial charge in [-0.15, -0.1) is 0 Å². The highest BCUT2D eigenvalue weighted by Gasteiger charge is 2.40. The maximum absolute atomic E-state index is 13.2. The molecular weight excluding hydrogens is 430 g/mol. The number of amides is 2. The quantitative estimate of drug-likeness (QED) is 0.660. The molecule has 1 saturated heterocycles. The van der Waals surface area contributed by atoms with Crippen LogP contribution in [0, 0.1) is 5.92 Å². The number of carbonyl (C=O) groups excluding carboxylic acids is 2. The normalized spacial score (nSPS) is 25.8. The Hall–Kier alpha value is -2.90. The molecule has 0 bridgehead atoms. The summed E-state index contributed by atoms with van der Waals surface area (Å²) in [6.45, 7) is 6.66. The molecule has 180 valence electrons. The van der Waals surface area contributed by atoms with Crippen LogP contribution in [0.15, 0.2) is 42.5 Å². The van der Waals surface area contributed by atoms with Crippen LogP contribution in [0.3, 0.4) is 0 Å². The average Bonchev–Trinajstić information content (AvgIpc) is 3.52. The molecule has 2 unspecified atom stereocenters. The lowest BCUT2D eigenvalue weighted by atomic mass is 9.87. The minimum Gasteiger partial charge on any atom is -0.489 e. The average molecular weight is 464 g/mol. The SMILES string of the molecule is CNC(=O)c1cc(C(=O)N[C@H]2C[C@@H]2CCN2CCOCC2)cc2c1OC(C)C2c1ccccc1. The zero-order valence-corrected chi connectivity index (χ0v) is 19.9. The second kappa shape index (κ2) is 9.76. The van der Waals surface area contributed by atoms with Gasteiger partial charge in [0, 0.05) is 43.2 Å². The lowest BCUT2D eigenvalue weighted by molar-refractivity contribution is 0.0367. The zero-order valence-electron chi connectivity index (χ0n) is 19.9. The van der Waals surface area contributed by atoms with Crippen LogP contribution in [-0.2, 0) is 4.74 Å². The van der Waals surface area contributed by atoms with Crippen LogP contribution in [0.5, 0.6) is 5.75 Å². The van der Waals surface area contributed by atoms with Crippen LogP contribution in [0.4, 0.5) is 0 Å². The molecule has 2 N–H and O–H groups in total. The molecule has 2 heterocycles. The second-order valence-corrected chi connectivity index (χ2v) is 9.55. The molecule has 7 heteroatoms. The second-order valence-electron chi connectivity index (χ2n) is 9.55. The van der Waals surface area contributed by atoms with Gasteiger partial charge >= 0.3 is 0 Å². The molecule has 1 aliphatic carbocycles. The largest absolute Gasteiger partial charge is 0.489 e. The van der Waals surface area contributed by atoms with Gasteiger partial charge in [-0.1, -0.05) is 30.3 Å². The topological polar surface area (TPSA) is 79.9 Å². The Morgan fingerprint density at radius 3 is 2.59 bits per heavy atom. The molecular formula is C27H33N3O4. The Labute approximate surface area is 200 Å². The van der Waals surface area contributed by atoms with Crippen LogP contribution in [0.2, 0.25) is 0 Å². The predicted molar refractivity (Wildman–Crippen MR) is 129 cm³/mol. The molecule has 7 nitrogen and oxygen atoms in total. The van der Waals surface area contributed by atoms with Crippen LogP contribution in [0.25, 0.3) is 0 Å². The Balaban J connectivity index is 1.32. The summed E-state index contributed by atoms with van der Waals surface area (Å²) in [5.74, 6) is 0.682. The van der Waals surface area contributed by atoms with Crippen molar-refractivity contribution in [2.75, 3.05) is 39.9 Å². The van der Waals surface area contributed by atoms with Crippen LogP contribution >= 0.6 is 0 Å². The summed E-state index contributed by atoms with van der Waals surface area (Å²) in [4.78, 5) is 28.3. The standard InChI is InChI=1S/C27H33N3O4/c1-17-24(18-6-4-3-5-7-18)21-14-20(15-22(25(21)34-17)27(32)28-2)26(31)29-23-16-19(23)8-9-30-10-12-33-13-11-30/h3-7,14-15,17,19,23-24H,8-13,16H2,1-2H3,(H,28,32)(H,29,31)/t17?,19-,23-,24?/m0/s1. The Bertz CT molecular complexity index is 1050. The molecule has 2 aliphatic heterocycles. The summed E-state index contributed by atoms with van der Waals surface area (Å²) in [6, 6.07) is 13.9. The van der Waals surface area contributed by atoms with Crippen molar-refractivity contribution < 1.29 is 19.1 Å². The molecule has 2 aromatic carbocycles. The van der Waals surface area contributed by atoms with Gasteiger partial charge in [-0.3, -0.25) is 14.5 Å². The van der Waals surface area contributed by atoms with Crippen molar-refractivity contribution in [3.63, 3.8) is 0 Å². The number of carbonyl (C=O) groups is 2. The lowest BCUT2D eigenvalue weighted by Gasteiger charge is -2.26. The first-order valence-electron chi connectivity index (χ1n) is 12.3. The number of hydrogen-bond donors (Lipinski definition) is 2. The smallest absolute Gasteiger partial charge is 0.254 e. The van der Waals surface area contributed by atoms with Gasteiger partial charge in [-0.05, 0) is 49.9 Å². The summed E-state index contributed by atoms with van der Waals surface area (Å²) in [5.41, 5.74) is 2.93. The van der Waals surface area contributed by atoms with Gasteiger partial charge in [-0.2, -0.15) is 0 Å². The first-order chi connectivity index (χ1) is 16.5. The fourth-order valence-corrected chi connectivity index (χ4v) is 5.23. The number of nitrogens with one attached hydrogen (secondary N) is 2. The molecule has 0 radical (unpaired) electrons. The van der Waals surface area contributed by atoms with E-state index in [2.05, 4.69) is 27.7 Å². The van der Waals surface area contributed by atoms with E-state index in [1.54, 1.807) is 13.1 Å². The number of fused-ring (bicyclic) bond motifs is 1. The highest BCUT2D eigenvalue weighted by Crippen LogP contribution is 2.45. The third-order valence-corrected chi connectivity index (χ3v) is 7.28. The van der Waals surface area contributed by atoms with E-state index in [4.69, 9.17) is 9.47 Å². The number of hydrogen-bond acceptors (Lipinski definition) is 5. The van der Waals surface area contributed by atoms with Crippen molar-refractivity contribution in [3.05, 3.63) is 64.7 Å². The van der Waals surface area contributed by atoms with Crippen molar-refractivity contribution in [1.29, 1.82) is 0 Å². The van der Waals surface area contributed by atoms with E-state index in [-0.39, 0.29) is 29.9 Å². The summed E-state index contributed by atoms with van der Waals surface area (Å²) >= 11 is 0. The molecule has 3 aliphatic rings. The number of benzene rings is 2. The third kappa shape index (κ3) is 4.68. The molecule has 1 saturated carbocycles. The van der Waals surface area contributed by atoms with Crippen LogP contribution in [0.1, 0.15) is 57.5 Å². The van der Waals surface area contributed by atoms with Crippen LogP contribution < -0.4 is 15.4 Å². The summed E-state index contributed by atoms with van der Waals surface area (Å²) in [5, 5.41) is 5.88. The number of morpholine rings is 1. The van der Waals surface area contributed by atoms with E-state index in [0.717, 1.165) is 56.8 Å². The Morgan fingerprint density at radius 2 is 1.85 bits per heavy atom. The van der Waals surface area contributed by atoms with E-state index < -0.39 is 0 Å². The maximum atomic E-state index is 13.2. The fraction of sp³-hybridized carbons (Fsp3) is 0.481. The van der Waals surface area contributed by atoms with Gasteiger partial charge < -0.3 is 20.1 Å². The monoisotopic (exact) mass is 463 g/mol. The van der Waals surface area contributed by atoms with Crippen molar-refractivity contribution in [2.24, 2.45) is 5.92 Å². The summed E-state index contributed by atoms with van der Waals surface area (Å²) < 4.78 is 11.6. The molecule has 34 heavy (non-hydrogen) atoms. The van der Waals surface area contributed by atoms with Gasteiger partial charge in [0.2, 0.25) is 0 Å². The summed E-state index contributed by atoms with van der Waals surface area (Å²) in [6.07, 6.45) is 1.96. The first-order valence-corrected chi connectivity index (χ1v) is 12.3. The highest BCUT2D eigenvalue weighted by atomic mass is 16.5. The van der Waals surface area contributed by atoms with E-state index in [1.165, 1.54) is 0 Å². The molecule has 2 aromatic rings. The highest BCUT2D eigenvalue weighted by molar-refractivity contribution is 6.02. The lowest BCUT2D eigenvalue weighted by Crippen LogP contribution is -2.37. The minimum absolute atomic E-state index is 0.0328. The van der Waals surface area contributed by atoms with Crippen molar-refractivity contribution in [3.8, 4) is 5.75 Å². The Kier molecular flexibility index (Phi) is 6.57. The minimum atomic E-state index is -0.248. The van der Waals surface area contributed by atoms with Gasteiger partial charge in [0.15, 0.2) is 0 Å². The molecule has 0 spiro atoms.